The Morgan fingerprint density at radius 1 is 0.419 bits per heavy atom. The summed E-state index contributed by atoms with van der Waals surface area (Å²) in [5.74, 6) is 0. The van der Waals surface area contributed by atoms with Crippen LogP contribution in [0.4, 0.5) is 17.1 Å². The molecule has 0 atom stereocenters. The maximum Gasteiger partial charge on any atom is 0.137 e. The molecule has 0 aliphatic heterocycles. The highest BCUT2D eigenvalue weighted by atomic mass is 32.1. The molecular formula is C40H25NOS. The van der Waals surface area contributed by atoms with Crippen LogP contribution in [0.15, 0.2) is 156 Å². The lowest BCUT2D eigenvalue weighted by molar-refractivity contribution is 0.669. The van der Waals surface area contributed by atoms with Gasteiger partial charge in [-0.3, -0.25) is 0 Å². The van der Waals surface area contributed by atoms with Crippen LogP contribution in [0.5, 0.6) is 0 Å². The molecule has 0 radical (unpaired) electrons. The molecule has 0 amide bonds. The minimum atomic E-state index is 0.893. The van der Waals surface area contributed by atoms with Crippen LogP contribution in [0.2, 0.25) is 0 Å². The second-order valence-electron chi connectivity index (χ2n) is 10.9. The molecule has 0 spiro atoms. The molecule has 2 nitrogen and oxygen atoms in total. The molecule has 0 bridgehead atoms. The first kappa shape index (κ1) is 24.2. The van der Waals surface area contributed by atoms with Crippen molar-refractivity contribution in [2.75, 3.05) is 4.90 Å². The quantitative estimate of drug-likeness (QED) is 0.210. The largest absolute Gasteiger partial charge is 0.456 e. The molecule has 0 N–H and O–H groups in total. The molecule has 3 heteroatoms. The van der Waals surface area contributed by atoms with E-state index in [1.54, 1.807) is 0 Å². The van der Waals surface area contributed by atoms with Gasteiger partial charge in [0.2, 0.25) is 0 Å². The van der Waals surface area contributed by atoms with Crippen molar-refractivity contribution < 1.29 is 4.42 Å². The number of anilines is 3. The van der Waals surface area contributed by atoms with Gasteiger partial charge >= 0.3 is 0 Å². The van der Waals surface area contributed by atoms with E-state index >= 15 is 0 Å². The first-order chi connectivity index (χ1) is 21.3. The summed E-state index contributed by atoms with van der Waals surface area (Å²) in [6, 6.07) is 54.0. The van der Waals surface area contributed by atoms with Crippen LogP contribution in [-0.2, 0) is 0 Å². The first-order valence-corrected chi connectivity index (χ1v) is 15.3. The fraction of sp³-hybridized carbons (Fsp3) is 0. The Labute approximate surface area is 252 Å². The molecule has 0 fully saturated rings. The number of hydrogen-bond acceptors (Lipinski definition) is 3. The number of hydrogen-bond donors (Lipinski definition) is 0. The average Bonchev–Trinajstić information content (AvgIpc) is 3.64. The van der Waals surface area contributed by atoms with Crippen LogP contribution in [0.25, 0.3) is 64.0 Å². The van der Waals surface area contributed by atoms with Gasteiger partial charge in [-0.05, 0) is 70.4 Å². The van der Waals surface area contributed by atoms with E-state index in [0.717, 1.165) is 33.6 Å². The highest BCUT2D eigenvalue weighted by molar-refractivity contribution is 7.27. The third-order valence-corrected chi connectivity index (χ3v) is 9.73. The van der Waals surface area contributed by atoms with Gasteiger partial charge in [-0.2, -0.15) is 0 Å². The van der Waals surface area contributed by atoms with Gasteiger partial charge in [0.1, 0.15) is 11.2 Å². The van der Waals surface area contributed by atoms with Crippen molar-refractivity contribution in [2.24, 2.45) is 0 Å². The summed E-state index contributed by atoms with van der Waals surface area (Å²) in [6.07, 6.45) is 0. The Hall–Kier alpha value is -5.38. The Morgan fingerprint density at radius 2 is 1.05 bits per heavy atom. The van der Waals surface area contributed by atoms with Crippen molar-refractivity contribution >= 4 is 81.3 Å². The molecule has 2 aromatic heterocycles. The summed E-state index contributed by atoms with van der Waals surface area (Å²) in [5.41, 5.74) is 7.49. The van der Waals surface area contributed by atoms with Crippen molar-refractivity contribution in [3.8, 4) is 11.1 Å². The zero-order valence-corrected chi connectivity index (χ0v) is 24.0. The number of furan rings is 1. The van der Waals surface area contributed by atoms with Crippen molar-refractivity contribution in [1.82, 2.24) is 0 Å². The van der Waals surface area contributed by atoms with Crippen molar-refractivity contribution in [3.05, 3.63) is 152 Å². The molecule has 0 aliphatic carbocycles. The minimum absolute atomic E-state index is 0.893. The summed E-state index contributed by atoms with van der Waals surface area (Å²) in [5, 5.41) is 7.52. The SMILES string of the molecule is c1ccc(-c2ccc(N(c3ccccc3)c3ccc4c(c3)oc3ccc5c6ccc7ccccc7c6sc5c34)cc2)cc1. The number of fused-ring (bicyclic) bond motifs is 9. The predicted molar refractivity (Wildman–Crippen MR) is 184 cm³/mol. The van der Waals surface area contributed by atoms with E-state index < -0.39 is 0 Å². The number of benzene rings is 7. The third-order valence-electron chi connectivity index (χ3n) is 8.45. The van der Waals surface area contributed by atoms with Gasteiger partial charge in [0.25, 0.3) is 0 Å². The summed E-state index contributed by atoms with van der Waals surface area (Å²) >= 11 is 1.87. The van der Waals surface area contributed by atoms with Gasteiger partial charge < -0.3 is 9.32 Å². The van der Waals surface area contributed by atoms with E-state index in [1.807, 2.05) is 11.3 Å². The Kier molecular flexibility index (Phi) is 5.40. The smallest absolute Gasteiger partial charge is 0.137 e. The standard InChI is InChI=1S/C40H25NOS/c1-3-9-26(10-4-1)27-15-18-30(19-16-27)41(29-12-5-2-6-13-29)31-20-22-35-37(25-31)42-36-24-23-34-33-21-17-28-11-7-8-14-32(28)39(33)43-40(34)38(35)36/h1-25H. The summed E-state index contributed by atoms with van der Waals surface area (Å²) in [4.78, 5) is 2.29. The molecule has 9 rings (SSSR count). The van der Waals surface area contributed by atoms with Crippen LogP contribution in [-0.4, -0.2) is 0 Å². The molecule has 0 saturated carbocycles. The Morgan fingerprint density at radius 3 is 1.88 bits per heavy atom. The molecule has 2 heterocycles. The lowest BCUT2D eigenvalue weighted by Crippen LogP contribution is -2.09. The van der Waals surface area contributed by atoms with E-state index in [2.05, 4.69) is 157 Å². The fourth-order valence-electron chi connectivity index (χ4n) is 6.41. The van der Waals surface area contributed by atoms with Crippen LogP contribution < -0.4 is 4.90 Å². The van der Waals surface area contributed by atoms with Gasteiger partial charge in [-0.1, -0.05) is 97.1 Å². The number of nitrogens with zero attached hydrogens (tertiary/aromatic N) is 1. The average molecular weight is 568 g/mol. The second kappa shape index (κ2) is 9.59. The van der Waals surface area contributed by atoms with E-state index in [0.29, 0.717) is 0 Å². The molecule has 0 aliphatic rings. The monoisotopic (exact) mass is 567 g/mol. The number of thiophene rings is 1. The molecule has 0 saturated heterocycles. The van der Waals surface area contributed by atoms with Crippen molar-refractivity contribution in [3.63, 3.8) is 0 Å². The lowest BCUT2D eigenvalue weighted by Gasteiger charge is -2.25. The van der Waals surface area contributed by atoms with E-state index in [4.69, 9.17) is 4.42 Å². The summed E-state index contributed by atoms with van der Waals surface area (Å²) in [7, 11) is 0. The third kappa shape index (κ3) is 3.86. The minimum Gasteiger partial charge on any atom is -0.456 e. The predicted octanol–water partition coefficient (Wildman–Crippen LogP) is 12.2. The topological polar surface area (TPSA) is 16.4 Å². The number of rotatable bonds is 4. The van der Waals surface area contributed by atoms with E-state index in [9.17, 15) is 0 Å². The maximum absolute atomic E-state index is 6.56. The summed E-state index contributed by atoms with van der Waals surface area (Å²) in [6.45, 7) is 0. The molecule has 7 aromatic carbocycles. The lowest BCUT2D eigenvalue weighted by atomic mass is 10.0. The van der Waals surface area contributed by atoms with Crippen LogP contribution >= 0.6 is 11.3 Å². The van der Waals surface area contributed by atoms with Crippen LogP contribution in [0.1, 0.15) is 0 Å². The highest BCUT2D eigenvalue weighted by Crippen LogP contribution is 2.45. The molecule has 202 valence electrons. The van der Waals surface area contributed by atoms with Crippen LogP contribution in [0, 0.1) is 0 Å². The van der Waals surface area contributed by atoms with Crippen molar-refractivity contribution in [2.45, 2.75) is 0 Å². The molecular weight excluding hydrogens is 543 g/mol. The maximum atomic E-state index is 6.56. The Bertz CT molecular complexity index is 2440. The van der Waals surface area contributed by atoms with Gasteiger partial charge in [0.15, 0.2) is 0 Å². The van der Waals surface area contributed by atoms with Gasteiger partial charge in [0.05, 0.1) is 0 Å². The van der Waals surface area contributed by atoms with Gasteiger partial charge in [0, 0.05) is 54.1 Å². The zero-order chi connectivity index (χ0) is 28.3. The van der Waals surface area contributed by atoms with E-state index in [1.165, 1.54) is 47.5 Å². The Balaban J connectivity index is 1.22. The molecule has 9 aromatic rings. The van der Waals surface area contributed by atoms with Crippen molar-refractivity contribution in [1.29, 1.82) is 0 Å². The fourth-order valence-corrected chi connectivity index (χ4v) is 7.80. The normalized spacial score (nSPS) is 11.7. The highest BCUT2D eigenvalue weighted by Gasteiger charge is 2.18. The van der Waals surface area contributed by atoms with Crippen LogP contribution in [0.3, 0.4) is 0 Å². The zero-order valence-electron chi connectivity index (χ0n) is 23.2. The molecule has 0 unspecified atom stereocenters. The second-order valence-corrected chi connectivity index (χ2v) is 12.0. The van der Waals surface area contributed by atoms with E-state index in [-0.39, 0.29) is 0 Å². The number of para-hydroxylation sites is 1. The van der Waals surface area contributed by atoms with Gasteiger partial charge in [-0.25, -0.2) is 0 Å². The first-order valence-electron chi connectivity index (χ1n) is 14.5. The van der Waals surface area contributed by atoms with Gasteiger partial charge in [-0.15, -0.1) is 11.3 Å². The molecule has 43 heavy (non-hydrogen) atoms. The summed E-state index contributed by atoms with van der Waals surface area (Å²) < 4.78 is 9.18.